The van der Waals surface area contributed by atoms with Gasteiger partial charge >= 0.3 is 0 Å². The van der Waals surface area contributed by atoms with Gasteiger partial charge in [-0.05, 0) is 55.0 Å². The second-order valence-corrected chi connectivity index (χ2v) is 7.71. The van der Waals surface area contributed by atoms with Gasteiger partial charge in [0, 0.05) is 11.3 Å². The van der Waals surface area contributed by atoms with E-state index in [-0.39, 0.29) is 11.9 Å². The molecular formula is C21H20N2O4S. The number of anilines is 1. The van der Waals surface area contributed by atoms with Gasteiger partial charge in [-0.25, -0.2) is 8.42 Å². The molecule has 0 unspecified atom stereocenters. The van der Waals surface area contributed by atoms with Gasteiger partial charge in [0.25, 0.3) is 15.9 Å². The van der Waals surface area contributed by atoms with E-state index < -0.39 is 10.0 Å². The third kappa shape index (κ3) is 5.34. The van der Waals surface area contributed by atoms with Crippen molar-refractivity contribution in [1.82, 2.24) is 5.32 Å². The van der Waals surface area contributed by atoms with Gasteiger partial charge in [0.15, 0.2) is 0 Å². The van der Waals surface area contributed by atoms with Gasteiger partial charge < -0.3 is 9.73 Å². The van der Waals surface area contributed by atoms with E-state index in [1.165, 1.54) is 6.08 Å². The molecule has 0 aliphatic heterocycles. The van der Waals surface area contributed by atoms with E-state index in [0.29, 0.717) is 17.0 Å². The molecule has 0 aliphatic carbocycles. The maximum Gasteiger partial charge on any atom is 0.255 e. The summed E-state index contributed by atoms with van der Waals surface area (Å²) in [6.45, 7) is 1.82. The van der Waals surface area contributed by atoms with E-state index in [4.69, 9.17) is 4.42 Å². The predicted octanol–water partition coefficient (Wildman–Crippen LogP) is 4.18. The van der Waals surface area contributed by atoms with Crippen LogP contribution in [0.4, 0.5) is 5.69 Å². The second-order valence-electron chi connectivity index (χ2n) is 6.15. The number of sulfonamides is 1. The average molecular weight is 396 g/mol. The fraction of sp³-hybridized carbons (Fsp3) is 0.0952. The van der Waals surface area contributed by atoms with Crippen molar-refractivity contribution in [2.24, 2.45) is 0 Å². The topological polar surface area (TPSA) is 88.4 Å². The SMILES string of the molecule is C[C@H](NC(=O)c1ccc(NS(=O)(=O)/C=C/c2ccccc2)cc1)c1ccco1. The summed E-state index contributed by atoms with van der Waals surface area (Å²) >= 11 is 0. The van der Waals surface area contributed by atoms with Gasteiger partial charge in [0.05, 0.1) is 17.7 Å². The molecule has 1 heterocycles. The highest BCUT2D eigenvalue weighted by molar-refractivity contribution is 7.95. The van der Waals surface area contributed by atoms with Gasteiger partial charge in [-0.15, -0.1) is 0 Å². The first-order chi connectivity index (χ1) is 13.4. The Hall–Kier alpha value is -3.32. The lowest BCUT2D eigenvalue weighted by Gasteiger charge is -2.12. The van der Waals surface area contributed by atoms with Gasteiger partial charge in [-0.1, -0.05) is 30.3 Å². The zero-order valence-electron chi connectivity index (χ0n) is 15.2. The molecule has 0 bridgehead atoms. The molecule has 7 heteroatoms. The molecule has 0 saturated carbocycles. The number of nitrogens with one attached hydrogen (secondary N) is 2. The Morgan fingerprint density at radius 1 is 1.00 bits per heavy atom. The number of amides is 1. The Kier molecular flexibility index (Phi) is 5.96. The molecule has 1 aromatic heterocycles. The smallest absolute Gasteiger partial charge is 0.255 e. The van der Waals surface area contributed by atoms with E-state index in [9.17, 15) is 13.2 Å². The van der Waals surface area contributed by atoms with Crippen LogP contribution in [0.1, 0.15) is 34.6 Å². The first-order valence-electron chi connectivity index (χ1n) is 8.63. The number of rotatable bonds is 7. The lowest BCUT2D eigenvalue weighted by atomic mass is 10.1. The van der Waals surface area contributed by atoms with Crippen LogP contribution in [-0.4, -0.2) is 14.3 Å². The monoisotopic (exact) mass is 396 g/mol. The summed E-state index contributed by atoms with van der Waals surface area (Å²) in [5.74, 6) is 0.380. The molecule has 0 saturated heterocycles. The molecule has 0 fully saturated rings. The van der Waals surface area contributed by atoms with Crippen LogP contribution >= 0.6 is 0 Å². The molecule has 3 rings (SSSR count). The third-order valence-corrected chi connectivity index (χ3v) is 4.98. The van der Waals surface area contributed by atoms with Gasteiger partial charge in [0.2, 0.25) is 0 Å². The van der Waals surface area contributed by atoms with Crippen LogP contribution in [0.25, 0.3) is 6.08 Å². The zero-order chi connectivity index (χ0) is 20.0. The third-order valence-electron chi connectivity index (χ3n) is 3.96. The molecule has 0 radical (unpaired) electrons. The Morgan fingerprint density at radius 3 is 2.36 bits per heavy atom. The highest BCUT2D eigenvalue weighted by Gasteiger charge is 2.13. The van der Waals surface area contributed by atoms with Crippen LogP contribution in [0.5, 0.6) is 0 Å². The Balaban J connectivity index is 1.62. The van der Waals surface area contributed by atoms with Crippen LogP contribution in [-0.2, 0) is 10.0 Å². The summed E-state index contributed by atoms with van der Waals surface area (Å²) in [4.78, 5) is 12.3. The summed E-state index contributed by atoms with van der Waals surface area (Å²) in [6.07, 6.45) is 3.06. The van der Waals surface area contributed by atoms with Crippen molar-refractivity contribution in [3.8, 4) is 0 Å². The van der Waals surface area contributed by atoms with E-state index in [2.05, 4.69) is 10.0 Å². The van der Waals surface area contributed by atoms with Crippen molar-refractivity contribution in [2.75, 3.05) is 4.72 Å². The van der Waals surface area contributed by atoms with Gasteiger partial charge in [0.1, 0.15) is 5.76 Å². The van der Waals surface area contributed by atoms with E-state index >= 15 is 0 Å². The molecule has 28 heavy (non-hydrogen) atoms. The Labute approximate surface area is 163 Å². The van der Waals surface area contributed by atoms with Crippen molar-refractivity contribution in [3.05, 3.63) is 95.3 Å². The minimum absolute atomic E-state index is 0.274. The second kappa shape index (κ2) is 8.58. The normalized spacial score (nSPS) is 12.6. The summed E-state index contributed by atoms with van der Waals surface area (Å²) < 4.78 is 32.1. The largest absolute Gasteiger partial charge is 0.467 e. The molecule has 3 aromatic rings. The molecule has 2 aromatic carbocycles. The Morgan fingerprint density at radius 2 is 1.71 bits per heavy atom. The average Bonchev–Trinajstić information content (AvgIpc) is 3.22. The number of benzene rings is 2. The molecular weight excluding hydrogens is 376 g/mol. The van der Waals surface area contributed by atoms with Crippen molar-refractivity contribution in [2.45, 2.75) is 13.0 Å². The van der Waals surface area contributed by atoms with Crippen molar-refractivity contribution in [3.63, 3.8) is 0 Å². The van der Waals surface area contributed by atoms with Crippen LogP contribution in [0.3, 0.4) is 0 Å². The lowest BCUT2D eigenvalue weighted by Crippen LogP contribution is -2.26. The van der Waals surface area contributed by atoms with Crippen LogP contribution in [0, 0.1) is 0 Å². The van der Waals surface area contributed by atoms with Crippen LogP contribution in [0.2, 0.25) is 0 Å². The summed E-state index contributed by atoms with van der Waals surface area (Å²) in [5, 5.41) is 3.93. The highest BCUT2D eigenvalue weighted by Crippen LogP contribution is 2.16. The predicted molar refractivity (Wildman–Crippen MR) is 109 cm³/mol. The van der Waals surface area contributed by atoms with E-state index in [1.807, 2.05) is 37.3 Å². The molecule has 6 nitrogen and oxygen atoms in total. The maximum atomic E-state index is 12.3. The fourth-order valence-corrected chi connectivity index (χ4v) is 3.38. The number of furan rings is 1. The molecule has 1 amide bonds. The van der Waals surface area contributed by atoms with Gasteiger partial charge in [-0.3, -0.25) is 9.52 Å². The maximum absolute atomic E-state index is 12.3. The van der Waals surface area contributed by atoms with Gasteiger partial charge in [-0.2, -0.15) is 0 Å². The number of carbonyl (C=O) groups is 1. The molecule has 144 valence electrons. The minimum atomic E-state index is -3.66. The summed E-state index contributed by atoms with van der Waals surface area (Å²) in [6, 6.07) is 18.6. The van der Waals surface area contributed by atoms with Crippen molar-refractivity contribution in [1.29, 1.82) is 0 Å². The van der Waals surface area contributed by atoms with Crippen molar-refractivity contribution < 1.29 is 17.6 Å². The molecule has 0 spiro atoms. The number of carbonyl (C=O) groups excluding carboxylic acids is 1. The molecule has 2 N–H and O–H groups in total. The zero-order valence-corrected chi connectivity index (χ0v) is 16.0. The standard InChI is InChI=1S/C21H20N2O4S/c1-16(20-8-5-14-27-20)22-21(24)18-9-11-19(12-10-18)23-28(25,26)15-13-17-6-3-2-4-7-17/h2-16,23H,1H3,(H,22,24)/b15-13+/t16-/m0/s1. The van der Waals surface area contributed by atoms with Crippen LogP contribution < -0.4 is 10.0 Å². The summed E-state index contributed by atoms with van der Waals surface area (Å²) in [5.41, 5.74) is 1.57. The number of hydrogen-bond donors (Lipinski definition) is 2. The fourth-order valence-electron chi connectivity index (χ4n) is 2.51. The lowest BCUT2D eigenvalue weighted by molar-refractivity contribution is 0.0935. The van der Waals surface area contributed by atoms with Crippen LogP contribution in [0.15, 0.2) is 82.8 Å². The first kappa shape index (κ1) is 19.4. The van der Waals surface area contributed by atoms with Crippen molar-refractivity contribution >= 4 is 27.7 Å². The van der Waals surface area contributed by atoms with E-state index in [1.54, 1.807) is 42.7 Å². The Bertz CT molecular complexity index is 1040. The first-order valence-corrected chi connectivity index (χ1v) is 10.2. The molecule has 1 atom stereocenters. The number of hydrogen-bond acceptors (Lipinski definition) is 4. The minimum Gasteiger partial charge on any atom is -0.467 e. The highest BCUT2D eigenvalue weighted by atomic mass is 32.2. The quantitative estimate of drug-likeness (QED) is 0.627. The molecule has 0 aliphatic rings. The summed E-state index contributed by atoms with van der Waals surface area (Å²) in [7, 11) is -3.66. The van der Waals surface area contributed by atoms with E-state index in [0.717, 1.165) is 11.0 Å².